The van der Waals surface area contributed by atoms with Gasteiger partial charge in [-0.2, -0.15) is 0 Å². The molecule has 6 nitrogen and oxygen atoms in total. The summed E-state index contributed by atoms with van der Waals surface area (Å²) >= 11 is 1.42. The number of fused-ring (bicyclic) bond motifs is 1. The first-order chi connectivity index (χ1) is 16.5. The van der Waals surface area contributed by atoms with E-state index < -0.39 is 5.82 Å². The van der Waals surface area contributed by atoms with Crippen LogP contribution < -0.4 is 16.6 Å². The van der Waals surface area contributed by atoms with Crippen LogP contribution in [0.25, 0.3) is 10.9 Å². The number of hydrogen-bond acceptors (Lipinski definition) is 5. The van der Waals surface area contributed by atoms with Crippen LogP contribution in [0, 0.1) is 5.82 Å². The summed E-state index contributed by atoms with van der Waals surface area (Å²) in [4.78, 5) is 30.1. The zero-order valence-corrected chi connectivity index (χ0v) is 19.6. The van der Waals surface area contributed by atoms with E-state index in [-0.39, 0.29) is 11.5 Å². The Bertz CT molecular complexity index is 1390. The molecule has 0 aliphatic rings. The molecule has 3 aromatic carbocycles. The molecule has 0 aliphatic heterocycles. The number of benzene rings is 3. The van der Waals surface area contributed by atoms with Crippen LogP contribution in [0.15, 0.2) is 76.7 Å². The highest BCUT2D eigenvalue weighted by molar-refractivity contribution is 7.98. The first kappa shape index (κ1) is 23.5. The van der Waals surface area contributed by atoms with Crippen molar-refractivity contribution >= 4 is 39.9 Å². The molecule has 0 spiro atoms. The molecular formula is C26H25FN4O2S. The number of nitrogen functional groups attached to an aromatic ring is 1. The van der Waals surface area contributed by atoms with Crippen LogP contribution >= 0.6 is 11.8 Å². The molecule has 1 aromatic heterocycles. The van der Waals surface area contributed by atoms with E-state index in [1.807, 2.05) is 18.2 Å². The van der Waals surface area contributed by atoms with E-state index in [1.165, 1.54) is 30.0 Å². The van der Waals surface area contributed by atoms with Gasteiger partial charge in [0.2, 0.25) is 0 Å². The van der Waals surface area contributed by atoms with Gasteiger partial charge in [-0.1, -0.05) is 49.4 Å². The van der Waals surface area contributed by atoms with E-state index in [9.17, 15) is 14.0 Å². The number of halogens is 1. The molecule has 0 saturated carbocycles. The summed E-state index contributed by atoms with van der Waals surface area (Å²) in [6.45, 7) is 2.62. The molecule has 8 heteroatoms. The average molecular weight is 477 g/mol. The van der Waals surface area contributed by atoms with Gasteiger partial charge in [0.05, 0.1) is 22.3 Å². The van der Waals surface area contributed by atoms with Crippen molar-refractivity contribution in [2.24, 2.45) is 0 Å². The maximum Gasteiger partial charge on any atom is 0.262 e. The number of carbonyl (C=O) groups excluding carboxylic acids is 1. The maximum absolute atomic E-state index is 13.7. The van der Waals surface area contributed by atoms with Crippen LogP contribution in [-0.4, -0.2) is 15.5 Å². The van der Waals surface area contributed by atoms with Crippen LogP contribution in [0.5, 0.6) is 0 Å². The summed E-state index contributed by atoms with van der Waals surface area (Å²) in [6, 6.07) is 18.4. The van der Waals surface area contributed by atoms with Crippen LogP contribution in [0.1, 0.15) is 35.7 Å². The quantitative estimate of drug-likeness (QED) is 0.200. The van der Waals surface area contributed by atoms with Crippen molar-refractivity contribution in [3.8, 4) is 0 Å². The van der Waals surface area contributed by atoms with Crippen molar-refractivity contribution in [3.05, 3.63) is 94.0 Å². The minimum absolute atomic E-state index is 0.159. The number of para-hydroxylation sites is 2. The third-order valence-corrected chi connectivity index (χ3v) is 6.46. The van der Waals surface area contributed by atoms with Gasteiger partial charge in [-0.3, -0.25) is 14.2 Å². The number of anilines is 2. The highest BCUT2D eigenvalue weighted by atomic mass is 32.2. The van der Waals surface area contributed by atoms with Crippen LogP contribution in [0.4, 0.5) is 15.8 Å². The van der Waals surface area contributed by atoms with Crippen molar-refractivity contribution in [1.29, 1.82) is 0 Å². The number of thioether (sulfide) groups is 1. The third-order valence-electron chi connectivity index (χ3n) is 5.41. The first-order valence-corrected chi connectivity index (χ1v) is 12.0. The highest BCUT2D eigenvalue weighted by Crippen LogP contribution is 2.24. The fourth-order valence-corrected chi connectivity index (χ4v) is 4.48. The van der Waals surface area contributed by atoms with Gasteiger partial charge in [0, 0.05) is 23.9 Å². The lowest BCUT2D eigenvalue weighted by Gasteiger charge is -2.13. The predicted molar refractivity (Wildman–Crippen MR) is 136 cm³/mol. The smallest absolute Gasteiger partial charge is 0.262 e. The Balaban J connectivity index is 1.51. The lowest BCUT2D eigenvalue weighted by Crippen LogP contribution is -2.23. The standard InChI is InChI=1S/C26H25FN4O2S/c1-2-3-14-31-25(33)20-13-12-19(27)15-23(20)30-26(31)34-16-17-8-10-18(11-9-17)24(32)29-22-7-5-4-6-21(22)28/h4-13,15H,2-3,14,16,28H2,1H3,(H,29,32). The second-order valence-electron chi connectivity index (χ2n) is 7.89. The molecule has 4 rings (SSSR count). The minimum Gasteiger partial charge on any atom is -0.397 e. The predicted octanol–water partition coefficient (Wildman–Crippen LogP) is 5.46. The molecule has 0 atom stereocenters. The van der Waals surface area contributed by atoms with Crippen LogP contribution in [0.3, 0.4) is 0 Å². The van der Waals surface area contributed by atoms with E-state index in [0.717, 1.165) is 18.4 Å². The maximum atomic E-state index is 13.7. The minimum atomic E-state index is -0.423. The number of amides is 1. The van der Waals surface area contributed by atoms with Crippen molar-refractivity contribution in [3.63, 3.8) is 0 Å². The fraction of sp³-hybridized carbons (Fsp3) is 0.192. The van der Waals surface area contributed by atoms with Gasteiger partial charge in [-0.05, 0) is 48.4 Å². The van der Waals surface area contributed by atoms with Gasteiger partial charge in [0.15, 0.2) is 5.16 Å². The summed E-state index contributed by atoms with van der Waals surface area (Å²) in [5.41, 5.74) is 8.63. The molecule has 0 saturated heterocycles. The zero-order chi connectivity index (χ0) is 24.1. The molecule has 0 unspecified atom stereocenters. The largest absolute Gasteiger partial charge is 0.397 e. The lowest BCUT2D eigenvalue weighted by molar-refractivity contribution is 0.102. The summed E-state index contributed by atoms with van der Waals surface area (Å²) in [6.07, 6.45) is 1.79. The third kappa shape index (κ3) is 5.28. The molecule has 174 valence electrons. The molecular weight excluding hydrogens is 451 g/mol. The van der Waals surface area contributed by atoms with Crippen LogP contribution in [0.2, 0.25) is 0 Å². The zero-order valence-electron chi connectivity index (χ0n) is 18.8. The number of rotatable bonds is 8. The van der Waals surface area contributed by atoms with Gasteiger partial charge < -0.3 is 11.1 Å². The number of unbranched alkanes of at least 4 members (excludes halogenated alkanes) is 1. The van der Waals surface area contributed by atoms with Crippen molar-refractivity contribution < 1.29 is 9.18 Å². The topological polar surface area (TPSA) is 90.0 Å². The number of aromatic nitrogens is 2. The Kier molecular flexibility index (Phi) is 7.27. The van der Waals surface area contributed by atoms with Gasteiger partial charge in [-0.25, -0.2) is 9.37 Å². The van der Waals surface area contributed by atoms with Crippen molar-refractivity contribution in [2.75, 3.05) is 11.1 Å². The molecule has 0 radical (unpaired) electrons. The molecule has 1 heterocycles. The van der Waals surface area contributed by atoms with Gasteiger partial charge in [-0.15, -0.1) is 0 Å². The number of nitrogens with zero attached hydrogens (tertiary/aromatic N) is 2. The Morgan fingerprint density at radius 1 is 1.12 bits per heavy atom. The molecule has 34 heavy (non-hydrogen) atoms. The second kappa shape index (κ2) is 10.5. The number of hydrogen-bond donors (Lipinski definition) is 2. The number of nitrogens with one attached hydrogen (secondary N) is 1. The number of nitrogens with two attached hydrogens (primary N) is 1. The van der Waals surface area contributed by atoms with Crippen molar-refractivity contribution in [1.82, 2.24) is 9.55 Å². The SMILES string of the molecule is CCCCn1c(SCc2ccc(C(=O)Nc3ccccc3N)cc2)nc2cc(F)ccc2c1=O. The Labute approximate surface area is 201 Å². The normalized spacial score (nSPS) is 11.0. The fourth-order valence-electron chi connectivity index (χ4n) is 3.50. The van der Waals surface area contributed by atoms with Crippen molar-refractivity contribution in [2.45, 2.75) is 37.2 Å². The van der Waals surface area contributed by atoms with Gasteiger partial charge >= 0.3 is 0 Å². The summed E-state index contributed by atoms with van der Waals surface area (Å²) in [5, 5.41) is 3.78. The van der Waals surface area contributed by atoms with Gasteiger partial charge in [0.1, 0.15) is 5.82 Å². The lowest BCUT2D eigenvalue weighted by atomic mass is 10.1. The molecule has 0 fully saturated rings. The highest BCUT2D eigenvalue weighted by Gasteiger charge is 2.13. The van der Waals surface area contributed by atoms with E-state index in [0.29, 0.717) is 45.3 Å². The van der Waals surface area contributed by atoms with E-state index >= 15 is 0 Å². The van der Waals surface area contributed by atoms with Gasteiger partial charge in [0.25, 0.3) is 11.5 Å². The molecule has 0 aliphatic carbocycles. The molecule has 4 aromatic rings. The van der Waals surface area contributed by atoms with E-state index in [1.54, 1.807) is 34.9 Å². The Morgan fingerprint density at radius 3 is 2.62 bits per heavy atom. The Hall–Kier alpha value is -3.65. The summed E-state index contributed by atoms with van der Waals surface area (Å²) in [7, 11) is 0. The Morgan fingerprint density at radius 2 is 1.88 bits per heavy atom. The van der Waals surface area contributed by atoms with E-state index in [4.69, 9.17) is 5.73 Å². The van der Waals surface area contributed by atoms with E-state index in [2.05, 4.69) is 17.2 Å². The summed E-state index contributed by atoms with van der Waals surface area (Å²) in [5.74, 6) is -0.121. The molecule has 3 N–H and O–H groups in total. The summed E-state index contributed by atoms with van der Waals surface area (Å²) < 4.78 is 15.4. The monoisotopic (exact) mass is 476 g/mol. The average Bonchev–Trinajstić information content (AvgIpc) is 2.84. The first-order valence-electron chi connectivity index (χ1n) is 11.0. The molecule has 0 bridgehead atoms. The number of carbonyl (C=O) groups is 1. The molecule has 1 amide bonds. The second-order valence-corrected chi connectivity index (χ2v) is 8.84. The van der Waals surface area contributed by atoms with Crippen LogP contribution in [-0.2, 0) is 12.3 Å².